The van der Waals surface area contributed by atoms with Crippen LogP contribution in [0.4, 0.5) is 0 Å². The van der Waals surface area contributed by atoms with Crippen LogP contribution in [0.2, 0.25) is 0 Å². The monoisotopic (exact) mass is 835 g/mol. The molecule has 0 aromatic rings. The standard InChI is InChI=1S/C53H102O6/c1-7-49(6)41-35-29-23-17-12-10-8-9-11-13-18-24-30-36-42-51(54)57-45-50(59-53(56)44-38-32-26-20-22-28-34-40-48(4)5)46-58-52(55)43-37-31-25-19-15-14-16-21-27-33-39-47(2)3/h47-50H,7-46H2,1-6H3/t49?,50-/m0/s1. The smallest absolute Gasteiger partial charge is 0.306 e. The van der Waals surface area contributed by atoms with Crippen LogP contribution in [-0.2, 0) is 28.6 Å². The maximum absolute atomic E-state index is 12.7. The first kappa shape index (κ1) is 57.4. The number of hydrogen-bond donors (Lipinski definition) is 0. The summed E-state index contributed by atoms with van der Waals surface area (Å²) in [6, 6.07) is 0. The number of ether oxygens (including phenoxy) is 3. The lowest BCUT2D eigenvalue weighted by atomic mass is 9.99. The summed E-state index contributed by atoms with van der Waals surface area (Å²) in [5.41, 5.74) is 0. The minimum atomic E-state index is -0.763. The number of carbonyl (C=O) groups excluding carboxylic acids is 3. The van der Waals surface area contributed by atoms with Gasteiger partial charge in [0.15, 0.2) is 6.10 Å². The van der Waals surface area contributed by atoms with Gasteiger partial charge in [-0.25, -0.2) is 0 Å². The molecule has 0 spiro atoms. The predicted octanol–water partition coefficient (Wildman–Crippen LogP) is 16.8. The fraction of sp³-hybridized carbons (Fsp3) is 0.943. The van der Waals surface area contributed by atoms with Gasteiger partial charge < -0.3 is 14.2 Å². The first-order valence-corrected chi connectivity index (χ1v) is 26.1. The third-order valence-electron chi connectivity index (χ3n) is 12.3. The Labute approximate surface area is 368 Å². The van der Waals surface area contributed by atoms with Crippen LogP contribution in [0.1, 0.15) is 286 Å². The van der Waals surface area contributed by atoms with Crippen molar-refractivity contribution in [2.75, 3.05) is 13.2 Å². The number of hydrogen-bond acceptors (Lipinski definition) is 6. The molecule has 0 radical (unpaired) electrons. The summed E-state index contributed by atoms with van der Waals surface area (Å²) in [5.74, 6) is 1.64. The normalized spacial score (nSPS) is 12.6. The van der Waals surface area contributed by atoms with E-state index in [4.69, 9.17) is 14.2 Å². The van der Waals surface area contributed by atoms with Crippen molar-refractivity contribution in [2.24, 2.45) is 17.8 Å². The van der Waals surface area contributed by atoms with Crippen LogP contribution in [0.15, 0.2) is 0 Å². The van der Waals surface area contributed by atoms with Crippen LogP contribution in [0.3, 0.4) is 0 Å². The van der Waals surface area contributed by atoms with Crippen LogP contribution < -0.4 is 0 Å². The Kier molecular flexibility index (Phi) is 43.3. The van der Waals surface area contributed by atoms with Crippen LogP contribution >= 0.6 is 0 Å². The minimum absolute atomic E-state index is 0.0653. The van der Waals surface area contributed by atoms with E-state index in [0.29, 0.717) is 19.3 Å². The Balaban J connectivity index is 4.26. The van der Waals surface area contributed by atoms with Gasteiger partial charge in [0.25, 0.3) is 0 Å². The quantitative estimate of drug-likeness (QED) is 0.0345. The van der Waals surface area contributed by atoms with Crippen LogP contribution in [-0.4, -0.2) is 37.2 Å². The molecule has 6 nitrogen and oxygen atoms in total. The molecule has 0 aromatic heterocycles. The van der Waals surface area contributed by atoms with Crippen LogP contribution in [0.25, 0.3) is 0 Å². The maximum Gasteiger partial charge on any atom is 0.306 e. The number of esters is 3. The van der Waals surface area contributed by atoms with E-state index >= 15 is 0 Å². The summed E-state index contributed by atoms with van der Waals surface area (Å²) >= 11 is 0. The highest BCUT2D eigenvalue weighted by atomic mass is 16.6. The fourth-order valence-corrected chi connectivity index (χ4v) is 7.91. The third kappa shape index (κ3) is 45.8. The van der Waals surface area contributed by atoms with Crippen molar-refractivity contribution in [2.45, 2.75) is 292 Å². The Morgan fingerprint density at radius 2 is 0.593 bits per heavy atom. The summed E-state index contributed by atoms with van der Waals surface area (Å²) in [5, 5.41) is 0. The second kappa shape index (κ2) is 44.5. The van der Waals surface area contributed by atoms with E-state index in [-0.39, 0.29) is 31.1 Å². The Bertz CT molecular complexity index is 916. The average molecular weight is 835 g/mol. The molecule has 0 aliphatic rings. The fourth-order valence-electron chi connectivity index (χ4n) is 7.91. The second-order valence-electron chi connectivity index (χ2n) is 19.4. The molecule has 0 aliphatic heterocycles. The van der Waals surface area contributed by atoms with E-state index in [1.165, 1.54) is 167 Å². The molecule has 0 heterocycles. The molecule has 350 valence electrons. The van der Waals surface area contributed by atoms with Crippen molar-refractivity contribution in [3.05, 3.63) is 0 Å². The topological polar surface area (TPSA) is 78.9 Å². The van der Waals surface area contributed by atoms with Crippen molar-refractivity contribution >= 4 is 17.9 Å². The van der Waals surface area contributed by atoms with Gasteiger partial charge in [-0.1, -0.05) is 247 Å². The largest absolute Gasteiger partial charge is 0.462 e. The maximum atomic E-state index is 12.7. The molecule has 1 unspecified atom stereocenters. The van der Waals surface area contributed by atoms with Crippen molar-refractivity contribution in [3.8, 4) is 0 Å². The minimum Gasteiger partial charge on any atom is -0.462 e. The molecule has 0 saturated heterocycles. The van der Waals surface area contributed by atoms with Gasteiger partial charge in [0.2, 0.25) is 0 Å². The SMILES string of the molecule is CCC(C)CCCCCCCCCCCCCCCCC(=O)OC[C@@H](COC(=O)CCCCCCCCCCCCC(C)C)OC(=O)CCCCCCCCCC(C)C. The van der Waals surface area contributed by atoms with E-state index in [0.717, 1.165) is 75.5 Å². The summed E-state index contributed by atoms with van der Waals surface area (Å²) in [6.07, 6.45) is 43.8. The lowest BCUT2D eigenvalue weighted by Gasteiger charge is -2.18. The van der Waals surface area contributed by atoms with Gasteiger partial charge in [0.05, 0.1) is 0 Å². The van der Waals surface area contributed by atoms with Crippen LogP contribution in [0, 0.1) is 17.8 Å². The van der Waals surface area contributed by atoms with Gasteiger partial charge in [-0.05, 0) is 37.0 Å². The van der Waals surface area contributed by atoms with Crippen LogP contribution in [0.5, 0.6) is 0 Å². The highest BCUT2D eigenvalue weighted by molar-refractivity contribution is 5.71. The molecule has 59 heavy (non-hydrogen) atoms. The molecule has 0 aliphatic carbocycles. The molecule has 0 N–H and O–H groups in total. The lowest BCUT2D eigenvalue weighted by Crippen LogP contribution is -2.30. The average Bonchev–Trinajstić information content (AvgIpc) is 3.20. The van der Waals surface area contributed by atoms with Crippen molar-refractivity contribution in [1.29, 1.82) is 0 Å². The van der Waals surface area contributed by atoms with E-state index in [1.807, 2.05) is 0 Å². The Morgan fingerprint density at radius 1 is 0.339 bits per heavy atom. The molecule has 2 atom stereocenters. The second-order valence-corrected chi connectivity index (χ2v) is 19.4. The van der Waals surface area contributed by atoms with E-state index in [2.05, 4.69) is 41.5 Å². The van der Waals surface area contributed by atoms with Gasteiger partial charge >= 0.3 is 17.9 Å². The van der Waals surface area contributed by atoms with Crippen molar-refractivity contribution in [3.63, 3.8) is 0 Å². The molecule has 0 amide bonds. The molecular weight excluding hydrogens is 733 g/mol. The van der Waals surface area contributed by atoms with Gasteiger partial charge in [-0.2, -0.15) is 0 Å². The van der Waals surface area contributed by atoms with Gasteiger partial charge in [-0.15, -0.1) is 0 Å². The van der Waals surface area contributed by atoms with Crippen molar-refractivity contribution in [1.82, 2.24) is 0 Å². The predicted molar refractivity (Wildman–Crippen MR) is 252 cm³/mol. The zero-order chi connectivity index (χ0) is 43.4. The van der Waals surface area contributed by atoms with E-state index in [9.17, 15) is 14.4 Å². The molecule has 0 aromatic carbocycles. The van der Waals surface area contributed by atoms with Gasteiger partial charge in [-0.3, -0.25) is 14.4 Å². The highest BCUT2D eigenvalue weighted by Gasteiger charge is 2.19. The molecule has 0 saturated carbocycles. The van der Waals surface area contributed by atoms with Gasteiger partial charge in [0, 0.05) is 19.3 Å². The summed E-state index contributed by atoms with van der Waals surface area (Å²) in [7, 11) is 0. The Hall–Kier alpha value is -1.59. The zero-order valence-corrected chi connectivity index (χ0v) is 40.5. The molecule has 0 bridgehead atoms. The zero-order valence-electron chi connectivity index (χ0n) is 40.5. The molecule has 6 heteroatoms. The van der Waals surface area contributed by atoms with E-state index < -0.39 is 6.10 Å². The summed E-state index contributed by atoms with van der Waals surface area (Å²) in [6.45, 7) is 13.7. The molecule has 0 fully saturated rings. The number of rotatable bonds is 46. The first-order chi connectivity index (χ1) is 28.6. The summed E-state index contributed by atoms with van der Waals surface area (Å²) in [4.78, 5) is 37.9. The molecule has 0 rings (SSSR count). The number of unbranched alkanes of at least 4 members (excludes halogenated alkanes) is 28. The third-order valence-corrected chi connectivity index (χ3v) is 12.3. The molecular formula is C53H102O6. The van der Waals surface area contributed by atoms with Gasteiger partial charge in [0.1, 0.15) is 13.2 Å². The Morgan fingerprint density at radius 3 is 0.881 bits per heavy atom. The number of carbonyl (C=O) groups is 3. The highest BCUT2D eigenvalue weighted by Crippen LogP contribution is 2.18. The first-order valence-electron chi connectivity index (χ1n) is 26.1. The lowest BCUT2D eigenvalue weighted by molar-refractivity contribution is -0.167. The van der Waals surface area contributed by atoms with E-state index in [1.54, 1.807) is 0 Å². The van der Waals surface area contributed by atoms with Crippen molar-refractivity contribution < 1.29 is 28.6 Å². The summed E-state index contributed by atoms with van der Waals surface area (Å²) < 4.78 is 16.8.